The summed E-state index contributed by atoms with van der Waals surface area (Å²) in [5.74, 6) is -1.03. The molecule has 0 aliphatic carbocycles. The molecule has 0 atom stereocenters. The Morgan fingerprint density at radius 1 is 1.29 bits per heavy atom. The molecule has 5 heteroatoms. The highest BCUT2D eigenvalue weighted by Crippen LogP contribution is 2.05. The molecular weight excluding hydrogens is 182 g/mol. The zero-order valence-corrected chi connectivity index (χ0v) is 7.16. The number of pyridine rings is 1. The monoisotopic (exact) mass is 189 g/mol. The van der Waals surface area contributed by atoms with Gasteiger partial charge < -0.3 is 5.11 Å². The van der Waals surface area contributed by atoms with Crippen molar-refractivity contribution in [2.45, 2.75) is 0 Å². The summed E-state index contributed by atoms with van der Waals surface area (Å²) in [5, 5.41) is 12.5. The van der Waals surface area contributed by atoms with Crippen molar-refractivity contribution < 1.29 is 9.90 Å². The van der Waals surface area contributed by atoms with Crippen LogP contribution in [0.25, 0.3) is 5.69 Å². The number of carbonyl (C=O) groups is 1. The number of rotatable bonds is 2. The Bertz CT molecular complexity index is 450. The summed E-state index contributed by atoms with van der Waals surface area (Å²) in [6.45, 7) is 0. The first kappa shape index (κ1) is 8.43. The largest absolute Gasteiger partial charge is 0.476 e. The first-order valence-electron chi connectivity index (χ1n) is 3.97. The van der Waals surface area contributed by atoms with Gasteiger partial charge in [0.2, 0.25) is 0 Å². The maximum Gasteiger partial charge on any atom is 0.356 e. The molecule has 5 nitrogen and oxygen atoms in total. The summed E-state index contributed by atoms with van der Waals surface area (Å²) in [6, 6.07) is 4.94. The lowest BCUT2D eigenvalue weighted by molar-refractivity contribution is 0.0690. The second kappa shape index (κ2) is 3.29. The van der Waals surface area contributed by atoms with Gasteiger partial charge in [0, 0.05) is 18.6 Å². The van der Waals surface area contributed by atoms with E-state index in [2.05, 4.69) is 10.1 Å². The molecular formula is C9H7N3O2. The summed E-state index contributed by atoms with van der Waals surface area (Å²) >= 11 is 0. The van der Waals surface area contributed by atoms with Gasteiger partial charge in [0.25, 0.3) is 0 Å². The van der Waals surface area contributed by atoms with Crippen LogP contribution < -0.4 is 0 Å². The van der Waals surface area contributed by atoms with E-state index in [4.69, 9.17) is 5.11 Å². The van der Waals surface area contributed by atoms with Gasteiger partial charge in [0.05, 0.1) is 5.69 Å². The topological polar surface area (TPSA) is 68.0 Å². The standard InChI is InChI=1S/C9H7N3O2/c13-9(14)8-3-6-12(11-8)7-1-4-10-5-2-7/h1-6H,(H,13,14). The van der Waals surface area contributed by atoms with E-state index in [0.29, 0.717) is 0 Å². The Morgan fingerprint density at radius 3 is 2.57 bits per heavy atom. The fourth-order valence-electron chi connectivity index (χ4n) is 1.08. The summed E-state index contributed by atoms with van der Waals surface area (Å²) in [7, 11) is 0. The number of carboxylic acid groups (broad SMARTS) is 1. The van der Waals surface area contributed by atoms with Gasteiger partial charge in [-0.25, -0.2) is 9.48 Å². The Balaban J connectivity index is 2.39. The summed E-state index contributed by atoms with van der Waals surface area (Å²) < 4.78 is 1.49. The highest BCUT2D eigenvalue weighted by molar-refractivity contribution is 5.85. The van der Waals surface area contributed by atoms with Crippen LogP contribution in [0.4, 0.5) is 0 Å². The molecule has 0 aromatic carbocycles. The molecule has 70 valence electrons. The van der Waals surface area contributed by atoms with Crippen LogP contribution in [-0.4, -0.2) is 25.8 Å². The third kappa shape index (κ3) is 1.47. The van der Waals surface area contributed by atoms with Crippen LogP contribution in [0.2, 0.25) is 0 Å². The van der Waals surface area contributed by atoms with Crippen LogP contribution in [0.3, 0.4) is 0 Å². The lowest BCUT2D eigenvalue weighted by Gasteiger charge is -1.98. The summed E-state index contributed by atoms with van der Waals surface area (Å²) in [5.41, 5.74) is 0.814. The number of carboxylic acids is 1. The van der Waals surface area contributed by atoms with Crippen molar-refractivity contribution in [3.8, 4) is 5.69 Å². The smallest absolute Gasteiger partial charge is 0.356 e. The first-order valence-corrected chi connectivity index (χ1v) is 3.97. The van der Waals surface area contributed by atoms with Crippen LogP contribution in [-0.2, 0) is 0 Å². The maximum absolute atomic E-state index is 10.6. The molecule has 2 aromatic heterocycles. The van der Waals surface area contributed by atoms with Gasteiger partial charge in [0.15, 0.2) is 5.69 Å². The molecule has 1 N–H and O–H groups in total. The van der Waals surface area contributed by atoms with E-state index < -0.39 is 5.97 Å². The van der Waals surface area contributed by atoms with E-state index >= 15 is 0 Å². The number of hydrogen-bond donors (Lipinski definition) is 1. The van der Waals surface area contributed by atoms with Crippen molar-refractivity contribution in [2.75, 3.05) is 0 Å². The number of aromatic nitrogens is 3. The van der Waals surface area contributed by atoms with Gasteiger partial charge in [0.1, 0.15) is 0 Å². The van der Waals surface area contributed by atoms with Gasteiger partial charge in [-0.15, -0.1) is 0 Å². The fourth-order valence-corrected chi connectivity index (χ4v) is 1.08. The third-order valence-electron chi connectivity index (χ3n) is 1.74. The zero-order chi connectivity index (χ0) is 9.97. The minimum Gasteiger partial charge on any atom is -0.476 e. The normalized spacial score (nSPS) is 10.0. The number of hydrogen-bond acceptors (Lipinski definition) is 3. The molecule has 0 unspecified atom stereocenters. The molecule has 2 heterocycles. The van der Waals surface area contributed by atoms with Crippen molar-refractivity contribution in [1.29, 1.82) is 0 Å². The predicted molar refractivity (Wildman–Crippen MR) is 48.3 cm³/mol. The molecule has 0 spiro atoms. The Labute approximate surface area is 79.6 Å². The first-order chi connectivity index (χ1) is 6.77. The molecule has 14 heavy (non-hydrogen) atoms. The molecule has 0 amide bonds. The molecule has 2 aromatic rings. The summed E-state index contributed by atoms with van der Waals surface area (Å²) in [6.07, 6.45) is 4.84. The molecule has 0 saturated carbocycles. The van der Waals surface area contributed by atoms with Crippen LogP contribution >= 0.6 is 0 Å². The van der Waals surface area contributed by atoms with Gasteiger partial charge in [-0.1, -0.05) is 0 Å². The average Bonchev–Trinajstić information content (AvgIpc) is 2.68. The molecule has 0 radical (unpaired) electrons. The second-order valence-electron chi connectivity index (χ2n) is 2.66. The van der Waals surface area contributed by atoms with Crippen LogP contribution in [0.15, 0.2) is 36.8 Å². The molecule has 0 fully saturated rings. The van der Waals surface area contributed by atoms with E-state index in [-0.39, 0.29) is 5.69 Å². The molecule has 0 bridgehead atoms. The predicted octanol–water partition coefficient (Wildman–Crippen LogP) is 0.965. The highest BCUT2D eigenvalue weighted by atomic mass is 16.4. The molecule has 0 aliphatic rings. The third-order valence-corrected chi connectivity index (χ3v) is 1.74. The molecule has 0 saturated heterocycles. The minimum atomic E-state index is -1.03. The van der Waals surface area contributed by atoms with E-state index in [1.807, 2.05) is 0 Å². The van der Waals surface area contributed by atoms with Crippen LogP contribution in [0, 0.1) is 0 Å². The molecule has 0 aliphatic heterocycles. The van der Waals surface area contributed by atoms with Crippen molar-refractivity contribution in [1.82, 2.24) is 14.8 Å². The Hall–Kier alpha value is -2.17. The van der Waals surface area contributed by atoms with Crippen molar-refractivity contribution in [3.63, 3.8) is 0 Å². The van der Waals surface area contributed by atoms with Crippen LogP contribution in [0.1, 0.15) is 10.5 Å². The van der Waals surface area contributed by atoms with Crippen molar-refractivity contribution in [3.05, 3.63) is 42.5 Å². The molecule has 2 rings (SSSR count). The Kier molecular flexibility index (Phi) is 1.98. The van der Waals surface area contributed by atoms with Crippen molar-refractivity contribution >= 4 is 5.97 Å². The summed E-state index contributed by atoms with van der Waals surface area (Å²) in [4.78, 5) is 14.4. The van der Waals surface area contributed by atoms with E-state index in [0.717, 1.165) is 5.69 Å². The van der Waals surface area contributed by atoms with Gasteiger partial charge in [-0.2, -0.15) is 5.10 Å². The van der Waals surface area contributed by atoms with Crippen LogP contribution in [0.5, 0.6) is 0 Å². The van der Waals surface area contributed by atoms with Gasteiger partial charge >= 0.3 is 5.97 Å². The number of aromatic carboxylic acids is 1. The number of nitrogens with zero attached hydrogens (tertiary/aromatic N) is 3. The highest BCUT2D eigenvalue weighted by Gasteiger charge is 2.06. The van der Waals surface area contributed by atoms with Gasteiger partial charge in [-0.3, -0.25) is 4.98 Å². The second-order valence-corrected chi connectivity index (χ2v) is 2.66. The quantitative estimate of drug-likeness (QED) is 0.764. The van der Waals surface area contributed by atoms with E-state index in [9.17, 15) is 4.79 Å². The maximum atomic E-state index is 10.6. The lowest BCUT2D eigenvalue weighted by atomic mass is 10.4. The Morgan fingerprint density at radius 2 is 2.00 bits per heavy atom. The lowest BCUT2D eigenvalue weighted by Crippen LogP contribution is -2.00. The fraction of sp³-hybridized carbons (Fsp3) is 0. The SMILES string of the molecule is O=C(O)c1ccn(-c2ccncc2)n1. The van der Waals surface area contributed by atoms with E-state index in [1.54, 1.807) is 30.7 Å². The average molecular weight is 189 g/mol. The van der Waals surface area contributed by atoms with Gasteiger partial charge in [-0.05, 0) is 18.2 Å². The van der Waals surface area contributed by atoms with E-state index in [1.165, 1.54) is 10.7 Å². The zero-order valence-electron chi connectivity index (χ0n) is 7.16. The minimum absolute atomic E-state index is 0.0295. The van der Waals surface area contributed by atoms with Crippen molar-refractivity contribution in [2.24, 2.45) is 0 Å².